The van der Waals surface area contributed by atoms with Crippen LogP contribution in [0.2, 0.25) is 0 Å². The molecule has 0 bridgehead atoms. The number of piperazine rings is 1. The molecule has 9 heteroatoms. The van der Waals surface area contributed by atoms with Crippen LogP contribution in [-0.2, 0) is 11.2 Å². The zero-order valence-corrected chi connectivity index (χ0v) is 14.9. The lowest BCUT2D eigenvalue weighted by Gasteiger charge is -2.28. The molecule has 0 saturated carbocycles. The first-order chi connectivity index (χ1) is 12.7. The number of H-pyrrole nitrogens is 1. The molecule has 1 aliphatic heterocycles. The maximum Gasteiger partial charge on any atom is 0.307 e. The third kappa shape index (κ3) is 4.34. The molecule has 26 heavy (non-hydrogen) atoms. The van der Waals surface area contributed by atoms with Gasteiger partial charge in [0.05, 0.1) is 5.92 Å². The Labute approximate surface area is 152 Å². The molecule has 9 nitrogen and oxygen atoms in total. The summed E-state index contributed by atoms with van der Waals surface area (Å²) in [6.07, 6.45) is 3.70. The van der Waals surface area contributed by atoms with Crippen LogP contribution in [0.25, 0.3) is 0 Å². The van der Waals surface area contributed by atoms with Gasteiger partial charge >= 0.3 is 5.97 Å². The average Bonchev–Trinajstić information content (AvgIpc) is 3.20. The number of carbonyl (C=O) groups is 1. The Hall–Kier alpha value is -2.55. The predicted octanol–water partition coefficient (Wildman–Crippen LogP) is 0.831. The van der Waals surface area contributed by atoms with Crippen molar-refractivity contribution in [2.45, 2.75) is 32.1 Å². The first-order valence-corrected chi connectivity index (χ1v) is 9.05. The number of pyridine rings is 1. The highest BCUT2D eigenvalue weighted by molar-refractivity contribution is 5.71. The molecule has 0 spiro atoms. The number of anilines is 1. The van der Waals surface area contributed by atoms with E-state index in [4.69, 9.17) is 0 Å². The Morgan fingerprint density at radius 3 is 2.73 bits per heavy atom. The Morgan fingerprint density at radius 1 is 1.35 bits per heavy atom. The van der Waals surface area contributed by atoms with E-state index in [1.165, 1.54) is 0 Å². The smallest absolute Gasteiger partial charge is 0.307 e. The summed E-state index contributed by atoms with van der Waals surface area (Å²) >= 11 is 0. The summed E-state index contributed by atoms with van der Waals surface area (Å²) in [6, 6.07) is 4.02. The number of aromatic nitrogens is 5. The molecule has 3 heterocycles. The normalized spacial score (nSPS) is 17.0. The molecule has 0 aromatic carbocycles. The third-order valence-electron chi connectivity index (χ3n) is 4.80. The summed E-state index contributed by atoms with van der Waals surface area (Å²) < 4.78 is 0. The van der Waals surface area contributed by atoms with Gasteiger partial charge in [0.1, 0.15) is 5.82 Å². The fourth-order valence-corrected chi connectivity index (χ4v) is 3.42. The lowest BCUT2D eigenvalue weighted by Crippen LogP contribution is -2.43. The number of tetrazole rings is 1. The van der Waals surface area contributed by atoms with Gasteiger partial charge in [0.2, 0.25) is 0 Å². The van der Waals surface area contributed by atoms with Crippen molar-refractivity contribution in [2.24, 2.45) is 5.92 Å². The molecule has 3 N–H and O–H groups in total. The monoisotopic (exact) mass is 359 g/mol. The molecule has 3 rings (SSSR count). The minimum atomic E-state index is -0.827. The lowest BCUT2D eigenvalue weighted by molar-refractivity contribution is -0.142. The molecule has 2 aromatic heterocycles. The third-order valence-corrected chi connectivity index (χ3v) is 4.80. The van der Waals surface area contributed by atoms with Crippen LogP contribution in [0.3, 0.4) is 0 Å². The largest absolute Gasteiger partial charge is 0.481 e. The highest BCUT2D eigenvalue weighted by atomic mass is 16.4. The quantitative estimate of drug-likeness (QED) is 0.634. The van der Waals surface area contributed by atoms with Crippen LogP contribution < -0.4 is 10.2 Å². The molecule has 1 aliphatic rings. The van der Waals surface area contributed by atoms with E-state index in [9.17, 15) is 9.90 Å². The van der Waals surface area contributed by atoms with Crippen LogP contribution >= 0.6 is 0 Å². The Bertz CT molecular complexity index is 684. The van der Waals surface area contributed by atoms with Crippen LogP contribution in [-0.4, -0.2) is 62.9 Å². The van der Waals surface area contributed by atoms with Gasteiger partial charge in [-0.25, -0.2) is 4.98 Å². The minimum absolute atomic E-state index is 0.335. The zero-order valence-electron chi connectivity index (χ0n) is 14.9. The van der Waals surface area contributed by atoms with E-state index in [0.29, 0.717) is 18.7 Å². The number of hydrogen-bond donors (Lipinski definition) is 3. The zero-order chi connectivity index (χ0) is 18.4. The Balaban J connectivity index is 1.77. The molecular weight excluding hydrogens is 334 g/mol. The predicted molar refractivity (Wildman–Crippen MR) is 96.0 cm³/mol. The van der Waals surface area contributed by atoms with Gasteiger partial charge in [0.15, 0.2) is 5.82 Å². The van der Waals surface area contributed by atoms with Gasteiger partial charge in [-0.05, 0) is 24.5 Å². The van der Waals surface area contributed by atoms with Gasteiger partial charge in [-0.3, -0.25) is 4.79 Å². The van der Waals surface area contributed by atoms with E-state index in [0.717, 1.165) is 44.0 Å². The van der Waals surface area contributed by atoms with Crippen LogP contribution in [0, 0.1) is 5.92 Å². The second-order valence-corrected chi connectivity index (χ2v) is 6.58. The maximum absolute atomic E-state index is 11.8. The summed E-state index contributed by atoms with van der Waals surface area (Å²) in [5.41, 5.74) is 0.973. The highest BCUT2D eigenvalue weighted by Gasteiger charge is 2.32. The number of nitrogens with zero attached hydrogens (tertiary/aromatic N) is 5. The van der Waals surface area contributed by atoms with Gasteiger partial charge in [0, 0.05) is 38.3 Å². The standard InChI is InChI=1S/C17H25N7O2/c1-2-3-13(17(25)26)14(16-20-22-23-21-16)10-12-4-5-15(19-11-12)24-8-6-18-7-9-24/h4-5,11,13-14,18H,2-3,6-10H2,1H3,(H,25,26)(H,20,21,22,23). The average molecular weight is 359 g/mol. The number of carboxylic acid groups (broad SMARTS) is 1. The first kappa shape index (κ1) is 18.2. The molecule has 2 aromatic rings. The summed E-state index contributed by atoms with van der Waals surface area (Å²) in [6.45, 7) is 5.78. The SMILES string of the molecule is CCCC(C(=O)O)C(Cc1ccc(N2CCNCC2)nc1)c1nn[nH]n1. The second-order valence-electron chi connectivity index (χ2n) is 6.58. The molecule has 0 amide bonds. The van der Waals surface area contributed by atoms with E-state index in [-0.39, 0.29) is 5.92 Å². The Kier molecular flexibility index (Phi) is 6.11. The fourth-order valence-electron chi connectivity index (χ4n) is 3.42. The number of rotatable bonds is 8. The van der Waals surface area contributed by atoms with Gasteiger partial charge in [-0.1, -0.05) is 24.6 Å². The van der Waals surface area contributed by atoms with Crippen molar-refractivity contribution in [1.82, 2.24) is 30.9 Å². The van der Waals surface area contributed by atoms with Gasteiger partial charge in [0.25, 0.3) is 0 Å². The maximum atomic E-state index is 11.8. The fraction of sp³-hybridized carbons (Fsp3) is 0.588. The first-order valence-electron chi connectivity index (χ1n) is 9.05. The van der Waals surface area contributed by atoms with Crippen molar-refractivity contribution >= 4 is 11.8 Å². The van der Waals surface area contributed by atoms with Crippen molar-refractivity contribution in [3.8, 4) is 0 Å². The van der Waals surface area contributed by atoms with Crippen LogP contribution in [0.4, 0.5) is 5.82 Å². The van der Waals surface area contributed by atoms with Crippen molar-refractivity contribution in [3.63, 3.8) is 0 Å². The summed E-state index contributed by atoms with van der Waals surface area (Å²) in [4.78, 5) is 18.6. The molecule has 140 valence electrons. The Morgan fingerprint density at radius 2 is 2.15 bits per heavy atom. The van der Waals surface area contributed by atoms with Crippen LogP contribution in [0.1, 0.15) is 37.1 Å². The molecule has 2 unspecified atom stereocenters. The number of nitrogens with one attached hydrogen (secondary N) is 2. The molecule has 0 radical (unpaired) electrons. The van der Waals surface area contributed by atoms with E-state index in [1.54, 1.807) is 0 Å². The van der Waals surface area contributed by atoms with Crippen molar-refractivity contribution in [3.05, 3.63) is 29.7 Å². The number of hydrogen-bond acceptors (Lipinski definition) is 7. The molecule has 1 saturated heterocycles. The van der Waals surface area contributed by atoms with E-state index in [2.05, 4.69) is 35.8 Å². The van der Waals surface area contributed by atoms with Crippen LogP contribution in [0.5, 0.6) is 0 Å². The molecule has 2 atom stereocenters. The van der Waals surface area contributed by atoms with Crippen LogP contribution in [0.15, 0.2) is 18.3 Å². The summed E-state index contributed by atoms with van der Waals surface area (Å²) in [5.74, 6) is -0.317. The van der Waals surface area contributed by atoms with Crippen molar-refractivity contribution in [2.75, 3.05) is 31.1 Å². The molecule has 0 aliphatic carbocycles. The molecular formula is C17H25N7O2. The van der Waals surface area contributed by atoms with Gasteiger partial charge < -0.3 is 15.3 Å². The second kappa shape index (κ2) is 8.70. The van der Waals surface area contributed by atoms with E-state index < -0.39 is 11.9 Å². The number of carboxylic acids is 1. The summed E-state index contributed by atoms with van der Waals surface area (Å²) in [7, 11) is 0. The van der Waals surface area contributed by atoms with E-state index in [1.807, 2.05) is 25.3 Å². The van der Waals surface area contributed by atoms with Crippen molar-refractivity contribution in [1.29, 1.82) is 0 Å². The summed E-state index contributed by atoms with van der Waals surface area (Å²) in [5, 5.41) is 27.1. The van der Waals surface area contributed by atoms with Crippen molar-refractivity contribution < 1.29 is 9.90 Å². The topological polar surface area (TPSA) is 120 Å². The number of aliphatic carboxylic acids is 1. The van der Waals surface area contributed by atoms with Gasteiger partial charge in [-0.2, -0.15) is 5.21 Å². The molecule has 1 fully saturated rings. The van der Waals surface area contributed by atoms with Gasteiger partial charge in [-0.15, -0.1) is 10.2 Å². The highest BCUT2D eigenvalue weighted by Crippen LogP contribution is 2.30. The lowest BCUT2D eigenvalue weighted by atomic mass is 9.83. The van der Waals surface area contributed by atoms with E-state index >= 15 is 0 Å². The minimum Gasteiger partial charge on any atom is -0.481 e. The number of aromatic amines is 1.